The second-order valence-electron chi connectivity index (χ2n) is 6.41. The molecule has 0 unspecified atom stereocenters. The summed E-state index contributed by atoms with van der Waals surface area (Å²) >= 11 is 5.27. The van der Waals surface area contributed by atoms with E-state index in [4.69, 9.17) is 26.1 Å². The molecule has 1 amide bonds. The average molecular weight is 418 g/mol. The lowest BCUT2D eigenvalue weighted by atomic mass is 10.2. The summed E-state index contributed by atoms with van der Waals surface area (Å²) in [5, 5.41) is 5.80. The summed E-state index contributed by atoms with van der Waals surface area (Å²) in [6, 6.07) is 14.0. The van der Waals surface area contributed by atoms with Crippen molar-refractivity contribution in [3.05, 3.63) is 66.5 Å². The van der Waals surface area contributed by atoms with E-state index in [9.17, 15) is 4.79 Å². The van der Waals surface area contributed by atoms with Crippen LogP contribution in [0.1, 0.15) is 10.4 Å². The molecule has 2 N–H and O–H groups in total. The molecule has 30 heavy (non-hydrogen) atoms. The van der Waals surface area contributed by atoms with Crippen molar-refractivity contribution in [2.45, 2.75) is 0 Å². The first-order valence-electron chi connectivity index (χ1n) is 8.99. The number of hydrogen-bond donors (Lipinski definition) is 2. The minimum atomic E-state index is -0.353. The van der Waals surface area contributed by atoms with Crippen LogP contribution in [0.2, 0.25) is 0 Å². The van der Waals surface area contributed by atoms with Crippen molar-refractivity contribution >= 4 is 40.0 Å². The number of carbonyl (C=O) groups is 1. The number of ether oxygens (including phenoxy) is 2. The molecule has 2 aromatic heterocycles. The van der Waals surface area contributed by atoms with E-state index in [1.165, 1.54) is 0 Å². The quantitative estimate of drug-likeness (QED) is 0.486. The van der Waals surface area contributed by atoms with E-state index < -0.39 is 0 Å². The number of fused-ring (bicyclic) bond motifs is 2. The Balaban J connectivity index is 1.29. The Kier molecular flexibility index (Phi) is 4.49. The van der Waals surface area contributed by atoms with Crippen LogP contribution < -0.4 is 20.1 Å². The second kappa shape index (κ2) is 7.45. The molecule has 148 valence electrons. The third-order valence-electron chi connectivity index (χ3n) is 4.43. The maximum atomic E-state index is 12.5. The minimum absolute atomic E-state index is 0.147. The molecule has 0 radical (unpaired) electrons. The number of thiocarbonyl (C=S) groups is 1. The zero-order valence-electron chi connectivity index (χ0n) is 15.4. The number of rotatable bonds is 3. The standard InChI is InChI=1S/C21H14N4O4S/c26-19(13-1-3-17-18(9-13)28-11-27-17)25-21(30)23-14-2-4-16-15(10-14)24-20(29-16)12-5-7-22-8-6-12/h1-10H,11H2,(H2,23,25,26,30). The van der Waals surface area contributed by atoms with Gasteiger partial charge in [0.1, 0.15) is 5.52 Å². The predicted molar refractivity (Wildman–Crippen MR) is 113 cm³/mol. The molecule has 9 heteroatoms. The highest BCUT2D eigenvalue weighted by Crippen LogP contribution is 2.32. The van der Waals surface area contributed by atoms with Gasteiger partial charge in [-0.05, 0) is 60.7 Å². The van der Waals surface area contributed by atoms with Gasteiger partial charge in [-0.2, -0.15) is 0 Å². The molecule has 0 saturated carbocycles. The lowest BCUT2D eigenvalue weighted by Gasteiger charge is -2.09. The van der Waals surface area contributed by atoms with Gasteiger partial charge in [-0.15, -0.1) is 0 Å². The van der Waals surface area contributed by atoms with Crippen LogP contribution in [0.15, 0.2) is 65.3 Å². The molecule has 5 rings (SSSR count). The van der Waals surface area contributed by atoms with Crippen molar-refractivity contribution < 1.29 is 18.7 Å². The fourth-order valence-electron chi connectivity index (χ4n) is 3.00. The van der Waals surface area contributed by atoms with Crippen molar-refractivity contribution in [3.63, 3.8) is 0 Å². The van der Waals surface area contributed by atoms with E-state index in [0.29, 0.717) is 39.7 Å². The number of carbonyl (C=O) groups excluding carboxylic acids is 1. The van der Waals surface area contributed by atoms with E-state index in [-0.39, 0.29) is 17.8 Å². The Morgan fingerprint density at radius 2 is 1.83 bits per heavy atom. The Morgan fingerprint density at radius 3 is 2.70 bits per heavy atom. The number of anilines is 1. The van der Waals surface area contributed by atoms with Crippen LogP contribution in [0.25, 0.3) is 22.6 Å². The number of amides is 1. The highest BCUT2D eigenvalue weighted by Gasteiger charge is 2.17. The number of aromatic nitrogens is 2. The molecule has 0 atom stereocenters. The van der Waals surface area contributed by atoms with Crippen molar-refractivity contribution in [1.82, 2.24) is 15.3 Å². The lowest BCUT2D eigenvalue weighted by Crippen LogP contribution is -2.34. The molecule has 2 aromatic carbocycles. The molecule has 0 aliphatic carbocycles. The van der Waals surface area contributed by atoms with Gasteiger partial charge >= 0.3 is 0 Å². The number of pyridine rings is 1. The number of oxazole rings is 1. The van der Waals surface area contributed by atoms with Gasteiger partial charge in [0.25, 0.3) is 5.91 Å². The van der Waals surface area contributed by atoms with E-state index in [1.807, 2.05) is 12.1 Å². The number of hydrogen-bond acceptors (Lipinski definition) is 7. The van der Waals surface area contributed by atoms with Gasteiger partial charge in [0.05, 0.1) is 0 Å². The van der Waals surface area contributed by atoms with Crippen molar-refractivity contribution in [3.8, 4) is 23.0 Å². The summed E-state index contributed by atoms with van der Waals surface area (Å²) in [7, 11) is 0. The third-order valence-corrected chi connectivity index (χ3v) is 4.64. The SMILES string of the molecule is O=C(NC(=S)Nc1ccc2oc(-c3ccncc3)nc2c1)c1ccc2c(c1)OCO2. The number of benzene rings is 2. The van der Waals surface area contributed by atoms with Crippen LogP contribution in [-0.2, 0) is 0 Å². The van der Waals surface area contributed by atoms with Crippen molar-refractivity contribution in [2.24, 2.45) is 0 Å². The molecule has 0 fully saturated rings. The molecule has 0 saturated heterocycles. The molecule has 1 aliphatic rings. The van der Waals surface area contributed by atoms with E-state index >= 15 is 0 Å². The molecule has 1 aliphatic heterocycles. The summed E-state index contributed by atoms with van der Waals surface area (Å²) in [6.07, 6.45) is 3.36. The second-order valence-corrected chi connectivity index (χ2v) is 6.82. The van der Waals surface area contributed by atoms with Crippen LogP contribution in [-0.4, -0.2) is 27.8 Å². The van der Waals surface area contributed by atoms with Crippen LogP contribution in [0.4, 0.5) is 5.69 Å². The summed E-state index contributed by atoms with van der Waals surface area (Å²) in [6.45, 7) is 0.147. The smallest absolute Gasteiger partial charge is 0.257 e. The van der Waals surface area contributed by atoms with Gasteiger partial charge in [0.2, 0.25) is 12.7 Å². The highest BCUT2D eigenvalue weighted by atomic mass is 32.1. The third kappa shape index (κ3) is 3.53. The first-order valence-corrected chi connectivity index (χ1v) is 9.39. The Labute approximate surface area is 175 Å². The topological polar surface area (TPSA) is 98.5 Å². The monoisotopic (exact) mass is 418 g/mol. The molecule has 4 aromatic rings. The first kappa shape index (κ1) is 18.1. The normalized spacial score (nSPS) is 12.0. The van der Waals surface area contributed by atoms with Crippen molar-refractivity contribution in [1.29, 1.82) is 0 Å². The lowest BCUT2D eigenvalue weighted by molar-refractivity contribution is 0.0977. The molecule has 0 bridgehead atoms. The van der Waals surface area contributed by atoms with Crippen LogP contribution in [0.5, 0.6) is 11.5 Å². The molecule has 8 nitrogen and oxygen atoms in total. The molecule has 3 heterocycles. The van der Waals surface area contributed by atoms with Gasteiger partial charge in [0, 0.05) is 29.2 Å². The predicted octanol–water partition coefficient (Wildman–Crippen LogP) is 3.75. The zero-order valence-corrected chi connectivity index (χ0v) is 16.2. The fourth-order valence-corrected chi connectivity index (χ4v) is 3.21. The van der Waals surface area contributed by atoms with Crippen molar-refractivity contribution in [2.75, 3.05) is 12.1 Å². The van der Waals surface area contributed by atoms with Gasteiger partial charge in [-0.1, -0.05) is 0 Å². The fraction of sp³-hybridized carbons (Fsp3) is 0.0476. The van der Waals surface area contributed by atoms with Gasteiger partial charge in [-0.25, -0.2) is 4.98 Å². The molecule has 0 spiro atoms. The van der Waals surface area contributed by atoms with Gasteiger partial charge in [-0.3, -0.25) is 15.1 Å². The van der Waals surface area contributed by atoms with Gasteiger partial charge in [0.15, 0.2) is 22.2 Å². The van der Waals surface area contributed by atoms with Crippen LogP contribution >= 0.6 is 12.2 Å². The summed E-state index contributed by atoms with van der Waals surface area (Å²) < 4.78 is 16.3. The molecular weight excluding hydrogens is 404 g/mol. The zero-order chi connectivity index (χ0) is 20.5. The van der Waals surface area contributed by atoms with Crippen LogP contribution in [0.3, 0.4) is 0 Å². The maximum Gasteiger partial charge on any atom is 0.257 e. The van der Waals surface area contributed by atoms with E-state index in [1.54, 1.807) is 48.8 Å². The van der Waals surface area contributed by atoms with Gasteiger partial charge < -0.3 is 19.2 Å². The Hall–Kier alpha value is -3.98. The average Bonchev–Trinajstić information content (AvgIpc) is 3.40. The Morgan fingerprint density at radius 1 is 1.00 bits per heavy atom. The maximum absolute atomic E-state index is 12.5. The first-order chi connectivity index (χ1) is 14.7. The van der Waals surface area contributed by atoms with E-state index in [0.717, 1.165) is 5.56 Å². The summed E-state index contributed by atoms with van der Waals surface area (Å²) in [5.74, 6) is 1.29. The largest absolute Gasteiger partial charge is 0.454 e. The number of nitrogens with zero attached hydrogens (tertiary/aromatic N) is 2. The minimum Gasteiger partial charge on any atom is -0.454 e. The summed E-state index contributed by atoms with van der Waals surface area (Å²) in [5.41, 5.74) is 3.23. The van der Waals surface area contributed by atoms with Crippen LogP contribution in [0, 0.1) is 0 Å². The number of nitrogens with one attached hydrogen (secondary N) is 2. The molecular formula is C21H14N4O4S. The Bertz CT molecular complexity index is 1270. The van der Waals surface area contributed by atoms with E-state index in [2.05, 4.69) is 20.6 Å². The summed E-state index contributed by atoms with van der Waals surface area (Å²) in [4.78, 5) is 20.9. The highest BCUT2D eigenvalue weighted by molar-refractivity contribution is 7.80.